The summed E-state index contributed by atoms with van der Waals surface area (Å²) in [6.45, 7) is 60.0. The van der Waals surface area contributed by atoms with Crippen LogP contribution in [0.2, 0.25) is 0 Å². The second-order valence-electron chi connectivity index (χ2n) is 32.7. The number of nitrogens with zero attached hydrogens (tertiary/aromatic N) is 18. The molecule has 18 nitrogen and oxygen atoms in total. The average molecular weight is 1340 g/mol. The van der Waals surface area contributed by atoms with Crippen LogP contribution in [0.25, 0.3) is 0 Å². The van der Waals surface area contributed by atoms with Crippen molar-refractivity contribution in [2.24, 2.45) is 71.0 Å². The van der Waals surface area contributed by atoms with Gasteiger partial charge in [-0.3, -0.25) is 18.7 Å². The van der Waals surface area contributed by atoms with Gasteiger partial charge in [-0.1, -0.05) is 242 Å². The van der Waals surface area contributed by atoms with Gasteiger partial charge in [0.05, 0.1) is 46.6 Å². The maximum atomic E-state index is 4.20. The summed E-state index contributed by atoms with van der Waals surface area (Å²) in [7, 11) is 0. The van der Waals surface area contributed by atoms with Crippen LogP contribution in [-0.4, -0.2) is 90.0 Å². The van der Waals surface area contributed by atoms with E-state index in [4.69, 9.17) is 0 Å². The van der Waals surface area contributed by atoms with Crippen LogP contribution >= 0.6 is 0 Å². The summed E-state index contributed by atoms with van der Waals surface area (Å²) in [6.07, 6.45) is 41.2. The molecule has 0 spiro atoms. The summed E-state index contributed by atoms with van der Waals surface area (Å²) in [5.41, 5.74) is 7.12. The fourth-order valence-corrected chi connectivity index (χ4v) is 10.6. The molecule has 552 valence electrons. The van der Waals surface area contributed by atoms with Gasteiger partial charge in [-0.2, -0.15) is 0 Å². The molecule has 0 aliphatic carbocycles. The van der Waals surface area contributed by atoms with Crippen LogP contribution in [0.15, 0.2) is 37.2 Å². The molecule has 0 radical (unpaired) electrons. The van der Waals surface area contributed by atoms with E-state index in [1.165, 1.54) is 127 Å². The summed E-state index contributed by atoms with van der Waals surface area (Å²) in [5.74, 6) is 8.97. The van der Waals surface area contributed by atoms with E-state index in [9.17, 15) is 0 Å². The first-order valence-electron chi connectivity index (χ1n) is 38.8. The van der Waals surface area contributed by atoms with E-state index in [1.807, 2.05) is 31.1 Å². The lowest BCUT2D eigenvalue weighted by Gasteiger charge is -2.08. The third kappa shape index (κ3) is 50.2. The van der Waals surface area contributed by atoms with E-state index in [-0.39, 0.29) is 0 Å². The van der Waals surface area contributed by atoms with Crippen molar-refractivity contribution in [1.82, 2.24) is 90.0 Å². The number of hydrogen-bond donors (Lipinski definition) is 0. The fourth-order valence-electron chi connectivity index (χ4n) is 10.6. The second-order valence-corrected chi connectivity index (χ2v) is 32.7. The fraction of sp³-hybridized carbons (Fsp3) is 0.846. The molecule has 96 heavy (non-hydrogen) atoms. The van der Waals surface area contributed by atoms with Gasteiger partial charge in [0.2, 0.25) is 0 Å². The Bertz CT molecular complexity index is 2610. The second kappa shape index (κ2) is 53.8. The molecular weight excluding hydrogens is 1190 g/mol. The Kier molecular flexibility index (Phi) is 49.8. The normalized spacial score (nSPS) is 11.6. The minimum absolute atomic E-state index is 0.634. The lowest BCUT2D eigenvalue weighted by Crippen LogP contribution is -2.07. The van der Waals surface area contributed by atoms with Gasteiger partial charge >= 0.3 is 0 Å². The van der Waals surface area contributed by atoms with E-state index in [1.54, 1.807) is 0 Å². The molecule has 0 saturated carbocycles. The predicted octanol–water partition coefficient (Wildman–Crippen LogP) is 19.8. The third-order valence-electron chi connectivity index (χ3n) is 16.2. The Morgan fingerprint density at radius 3 is 0.990 bits per heavy atom. The van der Waals surface area contributed by atoms with Crippen LogP contribution in [0.4, 0.5) is 0 Å². The Morgan fingerprint density at radius 2 is 0.562 bits per heavy atom. The number of rotatable bonds is 42. The van der Waals surface area contributed by atoms with Gasteiger partial charge in [0.1, 0.15) is 0 Å². The number of aromatic nitrogens is 18. The molecular formula is C78H150N18. The zero-order valence-corrected chi connectivity index (χ0v) is 66.7. The minimum atomic E-state index is 0.634. The monoisotopic (exact) mass is 1340 g/mol. The molecule has 6 rings (SSSR count). The van der Waals surface area contributed by atoms with Crippen LogP contribution in [0, 0.1) is 71.0 Å². The van der Waals surface area contributed by atoms with E-state index in [0.717, 1.165) is 154 Å². The molecule has 6 heterocycles. The third-order valence-corrected chi connectivity index (χ3v) is 16.2. The summed E-state index contributed by atoms with van der Waals surface area (Å²) >= 11 is 0. The molecule has 0 N–H and O–H groups in total. The predicted molar refractivity (Wildman–Crippen MR) is 404 cm³/mol. The molecule has 0 unspecified atom stereocenters. The van der Waals surface area contributed by atoms with Crippen molar-refractivity contribution >= 4 is 0 Å². The summed E-state index contributed by atoms with van der Waals surface area (Å²) in [4.78, 5) is 0. The lowest BCUT2D eigenvalue weighted by atomic mass is 10.0. The molecule has 0 saturated heterocycles. The molecule has 0 amide bonds. The minimum Gasteiger partial charge on any atom is -0.252 e. The molecule has 6 aromatic heterocycles. The van der Waals surface area contributed by atoms with Gasteiger partial charge in [-0.15, -0.1) is 30.6 Å². The van der Waals surface area contributed by atoms with Gasteiger partial charge in [0.25, 0.3) is 0 Å². The Morgan fingerprint density at radius 1 is 0.250 bits per heavy atom. The van der Waals surface area contributed by atoms with Crippen LogP contribution in [0.1, 0.15) is 316 Å². The molecule has 0 bridgehead atoms. The first kappa shape index (κ1) is 88.9. The van der Waals surface area contributed by atoms with Gasteiger partial charge in [0.15, 0.2) is 0 Å². The Balaban J connectivity index is 0.000000577. The van der Waals surface area contributed by atoms with Crippen molar-refractivity contribution in [3.63, 3.8) is 0 Å². The quantitative estimate of drug-likeness (QED) is 0.0331. The molecule has 0 aliphatic rings. The summed E-state index contributed by atoms with van der Waals surface area (Å²) < 4.78 is 12.1. The van der Waals surface area contributed by atoms with Gasteiger partial charge in [-0.25, -0.2) is 9.36 Å². The first-order chi connectivity index (χ1) is 45.5. The zero-order valence-electron chi connectivity index (χ0n) is 66.7. The molecule has 18 heteroatoms. The van der Waals surface area contributed by atoms with Crippen LogP contribution in [0.3, 0.4) is 0 Å². The smallest absolute Gasteiger partial charge is 0.0829 e. The molecule has 0 aliphatic heterocycles. The highest BCUT2D eigenvalue weighted by molar-refractivity contribution is 4.97. The van der Waals surface area contributed by atoms with Crippen LogP contribution in [-0.2, 0) is 77.8 Å². The Hall–Kier alpha value is -5.16. The maximum Gasteiger partial charge on any atom is 0.0829 e. The first-order valence-corrected chi connectivity index (χ1v) is 38.8. The summed E-state index contributed by atoms with van der Waals surface area (Å²) in [6, 6.07) is 0. The van der Waals surface area contributed by atoms with Crippen molar-refractivity contribution in [3.8, 4) is 0 Å². The highest BCUT2D eigenvalue weighted by Crippen LogP contribution is 2.16. The molecule has 0 aromatic carbocycles. The lowest BCUT2D eigenvalue weighted by molar-refractivity contribution is 0.460. The number of aryl methyl sites for hydroxylation is 9. The topological polar surface area (TPSA) is 184 Å². The van der Waals surface area contributed by atoms with E-state index in [0.29, 0.717) is 17.8 Å². The maximum absolute atomic E-state index is 4.20. The van der Waals surface area contributed by atoms with Crippen molar-refractivity contribution in [1.29, 1.82) is 0 Å². The van der Waals surface area contributed by atoms with Gasteiger partial charge < -0.3 is 0 Å². The SMILES string of the molecule is CC(C)CCCCc1cnnn1CCCC(C)C.CC(C)CCCCn1cc(CC(C)C)nn1.CC(C)CCCc1cn(CC(C)C)nn1.CC(C)CCCc1cn(CCC(C)C)nn1.CC(C)CCCc1cnnn1CCC(C)C.CC(C)CCCn1cc(CC(C)C)nn1. The molecule has 0 atom stereocenters. The molecule has 6 aromatic rings. The number of hydrogen-bond acceptors (Lipinski definition) is 12. The van der Waals surface area contributed by atoms with Crippen molar-refractivity contribution in [2.45, 2.75) is 360 Å². The zero-order chi connectivity index (χ0) is 71.8. The van der Waals surface area contributed by atoms with Crippen molar-refractivity contribution < 1.29 is 0 Å². The average Bonchev–Trinajstić information content (AvgIpc) is 2.19. The highest BCUT2D eigenvalue weighted by atomic mass is 15.4. The van der Waals surface area contributed by atoms with E-state index >= 15 is 0 Å². The largest absolute Gasteiger partial charge is 0.252 e. The summed E-state index contributed by atoms with van der Waals surface area (Å²) in [5, 5.41) is 49.7. The highest BCUT2D eigenvalue weighted by Gasteiger charge is 2.10. The van der Waals surface area contributed by atoms with Crippen LogP contribution < -0.4 is 0 Å². The van der Waals surface area contributed by atoms with Crippen molar-refractivity contribution in [3.05, 3.63) is 71.3 Å². The van der Waals surface area contributed by atoms with Gasteiger partial charge in [-0.05, 0) is 180 Å². The number of unbranched alkanes of at least 4 members (excludes halogenated alkanes) is 2. The van der Waals surface area contributed by atoms with E-state index in [2.05, 4.69) is 262 Å². The van der Waals surface area contributed by atoms with Crippen LogP contribution in [0.5, 0.6) is 0 Å². The Labute approximate surface area is 589 Å². The molecule has 0 fully saturated rings. The standard InChI is InChI=1S/C15H29N3.3C13H25N3.2C12H23N3/c1-13(2)8-5-6-10-15-12-16-17-18(15)11-7-9-14(3)4;1-11(2)6-5-7-13-10-16(15-14-13)9-8-12(3)4;1-11(2)6-5-7-13-10-14-15-16(13)9-8-12(3)4;1-11(2)7-5-6-8-16-10-13(14-15-16)9-12(3)4;1-10(2)6-5-7-15-9-12(13-14-15)8-11(3)4;1-10(2)6-5-7-12-9-15(14-13-12)8-11(3)4/h12-14H,5-11H2,1-4H3;3*10-12H,5-9H2,1-4H3;2*9-11H,5-8H2,1-4H3. The van der Waals surface area contributed by atoms with Crippen molar-refractivity contribution in [2.75, 3.05) is 0 Å². The van der Waals surface area contributed by atoms with Gasteiger partial charge in [0, 0.05) is 64.1 Å². The van der Waals surface area contributed by atoms with E-state index < -0.39 is 0 Å².